The van der Waals surface area contributed by atoms with Crippen molar-refractivity contribution in [3.63, 3.8) is 0 Å². The van der Waals surface area contributed by atoms with Gasteiger partial charge in [-0.3, -0.25) is 9.69 Å². The van der Waals surface area contributed by atoms with Crippen LogP contribution in [0.25, 0.3) is 0 Å². The molecule has 0 saturated carbocycles. The maximum Gasteiger partial charge on any atom is 0.416 e. The summed E-state index contributed by atoms with van der Waals surface area (Å²) in [5.74, 6) is -1.43. The molecule has 3 nitrogen and oxygen atoms in total. The number of halogens is 7. The quantitative estimate of drug-likeness (QED) is 0.253. The maximum atomic E-state index is 13.5. The summed E-state index contributed by atoms with van der Waals surface area (Å²) in [5.41, 5.74) is -0.374. The van der Waals surface area contributed by atoms with Gasteiger partial charge in [0.1, 0.15) is 5.82 Å². The van der Waals surface area contributed by atoms with E-state index in [0.29, 0.717) is 36.3 Å². The Morgan fingerprint density at radius 3 is 2.10 bits per heavy atom. The van der Waals surface area contributed by atoms with Crippen LogP contribution >= 0.6 is 0 Å². The van der Waals surface area contributed by atoms with E-state index in [1.54, 1.807) is 17.0 Å². The number of hydrogen-bond acceptors (Lipinski definition) is 2. The summed E-state index contributed by atoms with van der Waals surface area (Å²) >= 11 is 0. The maximum absolute atomic E-state index is 13.5. The van der Waals surface area contributed by atoms with Crippen molar-refractivity contribution in [1.29, 1.82) is 0 Å². The lowest BCUT2D eigenvalue weighted by Gasteiger charge is -2.30. The molecular weight excluding hydrogens is 549 g/mol. The number of alkyl halides is 6. The van der Waals surface area contributed by atoms with Crippen LogP contribution in [-0.4, -0.2) is 41.9 Å². The second-order valence-electron chi connectivity index (χ2n) is 11.0. The van der Waals surface area contributed by atoms with Gasteiger partial charge in [-0.2, -0.15) is 26.3 Å². The number of nitrogens with zero attached hydrogens (tertiary/aromatic N) is 2. The first kappa shape index (κ1) is 30.6. The van der Waals surface area contributed by atoms with Crippen LogP contribution in [0.4, 0.5) is 30.7 Å². The van der Waals surface area contributed by atoms with E-state index in [2.05, 4.69) is 0 Å². The summed E-state index contributed by atoms with van der Waals surface area (Å²) in [6.07, 6.45) is -9.04. The van der Waals surface area contributed by atoms with E-state index in [1.807, 2.05) is 18.7 Å². The van der Waals surface area contributed by atoms with Gasteiger partial charge in [0.2, 0.25) is 0 Å². The topological polar surface area (TPSA) is 23.6 Å². The average Bonchev–Trinajstić information content (AvgIpc) is 3.29. The fourth-order valence-corrected chi connectivity index (χ4v) is 5.44. The van der Waals surface area contributed by atoms with Gasteiger partial charge in [-0.15, -0.1) is 0 Å². The highest BCUT2D eigenvalue weighted by molar-refractivity contribution is 5.94. The largest absolute Gasteiger partial charge is 0.416 e. The smallest absolute Gasteiger partial charge is 0.338 e. The molecule has 10 heteroatoms. The van der Waals surface area contributed by atoms with Gasteiger partial charge in [-0.05, 0) is 59.4 Å². The van der Waals surface area contributed by atoms with Crippen LogP contribution in [0.3, 0.4) is 0 Å². The number of hydrogen-bond donors (Lipinski definition) is 0. The van der Waals surface area contributed by atoms with Crippen LogP contribution in [-0.2, 0) is 18.9 Å². The molecule has 0 aliphatic carbocycles. The Morgan fingerprint density at radius 1 is 0.878 bits per heavy atom. The molecule has 1 heterocycles. The predicted octanol–water partition coefficient (Wildman–Crippen LogP) is 7.88. The summed E-state index contributed by atoms with van der Waals surface area (Å²) in [6, 6.07) is 15.2. The number of rotatable bonds is 8. The van der Waals surface area contributed by atoms with E-state index in [4.69, 9.17) is 0 Å². The summed E-state index contributed by atoms with van der Waals surface area (Å²) in [7, 11) is 0. The highest BCUT2D eigenvalue weighted by Gasteiger charge is 2.38. The molecule has 4 rings (SSSR count). The molecule has 0 aromatic heterocycles. The Labute approximate surface area is 234 Å². The van der Waals surface area contributed by atoms with Crippen LogP contribution in [0, 0.1) is 17.7 Å². The molecular formula is C31H31F7N2O. The van der Waals surface area contributed by atoms with E-state index in [9.17, 15) is 35.5 Å². The number of carbonyl (C=O) groups excluding carboxylic acids is 1. The zero-order chi connectivity index (χ0) is 29.9. The van der Waals surface area contributed by atoms with Gasteiger partial charge in [-0.25, -0.2) is 4.39 Å². The minimum atomic E-state index is -4.54. The predicted molar refractivity (Wildman–Crippen MR) is 142 cm³/mol. The molecule has 41 heavy (non-hydrogen) atoms. The molecule has 1 aliphatic heterocycles. The minimum Gasteiger partial charge on any atom is -0.338 e. The highest BCUT2D eigenvalue weighted by Crippen LogP contribution is 2.38. The van der Waals surface area contributed by atoms with Crippen molar-refractivity contribution in [2.24, 2.45) is 11.8 Å². The molecule has 1 aliphatic rings. The van der Waals surface area contributed by atoms with E-state index in [-0.39, 0.29) is 30.8 Å². The zero-order valence-electron chi connectivity index (χ0n) is 22.6. The van der Waals surface area contributed by atoms with Crippen LogP contribution in [0.2, 0.25) is 0 Å². The SMILES string of the molecule is CC(C)CN(C[C@H]1CN(Cc2cccc(C(F)(F)F)c2)C[C@@H]1c1cccc(C(F)(F)F)c1)C(=O)c1ccc(F)cc1. The van der Waals surface area contributed by atoms with Gasteiger partial charge in [0.15, 0.2) is 0 Å². The highest BCUT2D eigenvalue weighted by atomic mass is 19.4. The molecule has 0 unspecified atom stereocenters. The van der Waals surface area contributed by atoms with E-state index in [0.717, 1.165) is 24.3 Å². The molecule has 0 spiro atoms. The molecule has 2 atom stereocenters. The summed E-state index contributed by atoms with van der Waals surface area (Å²) < 4.78 is 94.0. The Morgan fingerprint density at radius 2 is 1.49 bits per heavy atom. The van der Waals surface area contributed by atoms with Gasteiger partial charge in [0.25, 0.3) is 5.91 Å². The molecule has 0 radical (unpaired) electrons. The third-order valence-corrected chi connectivity index (χ3v) is 7.24. The van der Waals surface area contributed by atoms with Crippen molar-refractivity contribution < 1.29 is 35.5 Å². The Kier molecular flexibility index (Phi) is 9.11. The van der Waals surface area contributed by atoms with Gasteiger partial charge < -0.3 is 4.90 Å². The monoisotopic (exact) mass is 580 g/mol. The third kappa shape index (κ3) is 7.87. The number of amides is 1. The van der Waals surface area contributed by atoms with Crippen molar-refractivity contribution in [3.8, 4) is 0 Å². The van der Waals surface area contributed by atoms with Crippen molar-refractivity contribution in [2.45, 2.75) is 38.7 Å². The Balaban J connectivity index is 1.64. The van der Waals surface area contributed by atoms with E-state index in [1.165, 1.54) is 36.4 Å². The van der Waals surface area contributed by atoms with Gasteiger partial charge in [0.05, 0.1) is 11.1 Å². The summed E-state index contributed by atoms with van der Waals surface area (Å²) in [4.78, 5) is 17.0. The van der Waals surface area contributed by atoms with Crippen LogP contribution in [0.5, 0.6) is 0 Å². The van der Waals surface area contributed by atoms with Crippen molar-refractivity contribution in [1.82, 2.24) is 9.80 Å². The molecule has 0 N–H and O–H groups in total. The molecule has 1 fully saturated rings. The fourth-order valence-electron chi connectivity index (χ4n) is 5.44. The molecule has 1 amide bonds. The van der Waals surface area contributed by atoms with E-state index >= 15 is 0 Å². The number of likely N-dealkylation sites (tertiary alicyclic amines) is 1. The molecule has 220 valence electrons. The lowest BCUT2D eigenvalue weighted by atomic mass is 9.87. The first-order chi connectivity index (χ1) is 19.2. The molecule has 0 bridgehead atoms. The standard InChI is InChI=1S/C31H31F7N2O/c1-20(2)15-40(29(41)22-9-11-27(32)12-10-22)18-24-17-39(16-21-5-3-7-25(13-21)30(33,34)35)19-28(24)23-6-4-8-26(14-23)31(36,37)38/h3-14,20,24,28H,15-19H2,1-2H3/t24-,28-/m1/s1. The molecule has 3 aromatic carbocycles. The first-order valence-corrected chi connectivity index (χ1v) is 13.3. The molecule has 1 saturated heterocycles. The molecule has 3 aromatic rings. The first-order valence-electron chi connectivity index (χ1n) is 13.3. The van der Waals surface area contributed by atoms with Crippen LogP contribution in [0.15, 0.2) is 72.8 Å². The number of carbonyl (C=O) groups is 1. The van der Waals surface area contributed by atoms with Gasteiger partial charge in [-0.1, -0.05) is 50.2 Å². The van der Waals surface area contributed by atoms with Crippen LogP contribution in [0.1, 0.15) is 52.4 Å². The van der Waals surface area contributed by atoms with E-state index < -0.39 is 35.2 Å². The van der Waals surface area contributed by atoms with Gasteiger partial charge in [0, 0.05) is 44.2 Å². The van der Waals surface area contributed by atoms with Crippen molar-refractivity contribution >= 4 is 5.91 Å². The second kappa shape index (κ2) is 12.2. The summed E-state index contributed by atoms with van der Waals surface area (Å²) in [6.45, 7) is 5.30. The van der Waals surface area contributed by atoms with Crippen molar-refractivity contribution in [2.75, 3.05) is 26.2 Å². The van der Waals surface area contributed by atoms with Crippen LogP contribution < -0.4 is 0 Å². The zero-order valence-corrected chi connectivity index (χ0v) is 22.6. The fraction of sp³-hybridized carbons (Fsp3) is 0.387. The normalized spacial score (nSPS) is 18.2. The second-order valence-corrected chi connectivity index (χ2v) is 11.0. The van der Waals surface area contributed by atoms with Gasteiger partial charge >= 0.3 is 12.4 Å². The Bertz CT molecular complexity index is 1340. The average molecular weight is 581 g/mol. The lowest BCUT2D eigenvalue weighted by Crippen LogP contribution is -2.39. The third-order valence-electron chi connectivity index (χ3n) is 7.24. The lowest BCUT2D eigenvalue weighted by molar-refractivity contribution is -0.138. The summed E-state index contributed by atoms with van der Waals surface area (Å²) in [5, 5.41) is 0. The Hall–Kier alpha value is -3.40. The van der Waals surface area contributed by atoms with Crippen molar-refractivity contribution in [3.05, 3.63) is 106 Å². The minimum absolute atomic E-state index is 0.0778. The number of benzene rings is 3.